The number of rotatable bonds is 9. The van der Waals surface area contributed by atoms with Crippen molar-refractivity contribution in [2.45, 2.75) is 19.8 Å². The SMILES string of the molecule is C=CCc1cc(C=NN2C(=O)C3C4C=CC(C4)C3C2=O)cc(OC)c1OCC(=O)Nc1ccc(C)cc1. The van der Waals surface area contributed by atoms with Crippen molar-refractivity contribution in [3.63, 3.8) is 0 Å². The van der Waals surface area contributed by atoms with E-state index >= 15 is 0 Å². The number of hydrazone groups is 1. The average Bonchev–Trinajstić information content (AvgIpc) is 3.57. The van der Waals surface area contributed by atoms with Crippen molar-refractivity contribution in [3.8, 4) is 11.5 Å². The van der Waals surface area contributed by atoms with E-state index in [2.05, 4.69) is 29.1 Å². The lowest BCUT2D eigenvalue weighted by molar-refractivity contribution is -0.140. The summed E-state index contributed by atoms with van der Waals surface area (Å²) in [5.74, 6) is -0.287. The number of carbonyl (C=O) groups is 3. The summed E-state index contributed by atoms with van der Waals surface area (Å²) < 4.78 is 11.4. The molecule has 8 heteroatoms. The maximum Gasteiger partial charge on any atom is 0.262 e. The van der Waals surface area contributed by atoms with E-state index in [-0.39, 0.29) is 48.0 Å². The molecule has 190 valence electrons. The fraction of sp³-hybridized carbons (Fsp3) is 0.310. The number of nitrogens with zero attached hydrogens (tertiary/aromatic N) is 2. The number of carbonyl (C=O) groups excluding carboxylic acids is 3. The van der Waals surface area contributed by atoms with E-state index < -0.39 is 0 Å². The topological polar surface area (TPSA) is 97.3 Å². The molecule has 2 bridgehead atoms. The van der Waals surface area contributed by atoms with Crippen molar-refractivity contribution in [1.29, 1.82) is 0 Å². The van der Waals surface area contributed by atoms with Gasteiger partial charge in [-0.1, -0.05) is 35.9 Å². The first-order valence-corrected chi connectivity index (χ1v) is 12.3. The molecule has 3 amide bonds. The molecular formula is C29H29N3O5. The maximum absolute atomic E-state index is 12.9. The Morgan fingerprint density at radius 2 is 1.81 bits per heavy atom. The molecule has 5 rings (SSSR count). The number of hydrogen-bond acceptors (Lipinski definition) is 6. The largest absolute Gasteiger partial charge is 0.493 e. The van der Waals surface area contributed by atoms with E-state index in [9.17, 15) is 14.4 Å². The van der Waals surface area contributed by atoms with Crippen LogP contribution in [0.5, 0.6) is 11.5 Å². The zero-order valence-corrected chi connectivity index (χ0v) is 20.8. The van der Waals surface area contributed by atoms with E-state index in [4.69, 9.17) is 9.47 Å². The van der Waals surface area contributed by atoms with Crippen molar-refractivity contribution in [2.75, 3.05) is 19.0 Å². The van der Waals surface area contributed by atoms with Gasteiger partial charge in [0.25, 0.3) is 17.7 Å². The second-order valence-corrected chi connectivity index (χ2v) is 9.64. The quantitative estimate of drug-likeness (QED) is 0.321. The predicted molar refractivity (Wildman–Crippen MR) is 139 cm³/mol. The Balaban J connectivity index is 1.31. The van der Waals surface area contributed by atoms with Crippen LogP contribution in [0.3, 0.4) is 0 Å². The highest BCUT2D eigenvalue weighted by molar-refractivity contribution is 6.06. The molecule has 2 aromatic carbocycles. The highest BCUT2D eigenvalue weighted by atomic mass is 16.5. The van der Waals surface area contributed by atoms with E-state index in [1.54, 1.807) is 12.1 Å². The molecule has 3 aliphatic rings. The van der Waals surface area contributed by atoms with Crippen LogP contribution in [0, 0.1) is 30.6 Å². The Hall–Kier alpha value is -4.20. The normalized spacial score (nSPS) is 23.6. The van der Waals surface area contributed by atoms with Crippen LogP contribution >= 0.6 is 0 Å². The minimum Gasteiger partial charge on any atom is -0.493 e. The zero-order valence-electron chi connectivity index (χ0n) is 20.8. The van der Waals surface area contributed by atoms with Crippen LogP contribution < -0.4 is 14.8 Å². The van der Waals surface area contributed by atoms with Crippen molar-refractivity contribution < 1.29 is 23.9 Å². The first-order chi connectivity index (χ1) is 17.9. The van der Waals surface area contributed by atoms with Crippen LogP contribution in [-0.4, -0.2) is 42.7 Å². The molecule has 37 heavy (non-hydrogen) atoms. The molecule has 2 aromatic rings. The van der Waals surface area contributed by atoms with E-state index in [0.717, 1.165) is 22.6 Å². The molecule has 2 fully saturated rings. The standard InChI is InChI=1S/C29H29N3O5/c1-4-5-21-12-18(15-30-32-28(34)25-19-8-9-20(14-19)26(25)29(32)35)13-23(36-3)27(21)37-16-24(33)31-22-10-6-17(2)7-11-22/h4,6-13,15,19-20,25-26H,1,5,14,16H2,2-3H3,(H,31,33). The van der Waals surface area contributed by atoms with Crippen LogP contribution in [0.15, 0.2) is 66.3 Å². The smallest absolute Gasteiger partial charge is 0.262 e. The van der Waals surface area contributed by atoms with Crippen LogP contribution in [0.2, 0.25) is 0 Å². The van der Waals surface area contributed by atoms with E-state index in [1.807, 2.05) is 37.3 Å². The third-order valence-electron chi connectivity index (χ3n) is 7.19. The molecule has 0 spiro atoms. The van der Waals surface area contributed by atoms with Gasteiger partial charge in [-0.3, -0.25) is 14.4 Å². The highest BCUT2D eigenvalue weighted by Gasteiger charge is 2.59. The summed E-state index contributed by atoms with van der Waals surface area (Å²) in [6, 6.07) is 11.0. The van der Waals surface area contributed by atoms with Gasteiger partial charge in [0, 0.05) is 11.3 Å². The Kier molecular flexibility index (Phi) is 6.65. The molecule has 2 aliphatic carbocycles. The number of imide groups is 1. The van der Waals surface area contributed by atoms with Crippen molar-refractivity contribution in [3.05, 3.63) is 77.9 Å². The first kappa shape index (κ1) is 24.5. The van der Waals surface area contributed by atoms with Gasteiger partial charge in [0.15, 0.2) is 18.1 Å². The van der Waals surface area contributed by atoms with E-state index in [1.165, 1.54) is 13.3 Å². The first-order valence-electron chi connectivity index (χ1n) is 12.3. The van der Waals surface area contributed by atoms with Crippen LogP contribution in [0.25, 0.3) is 0 Å². The number of anilines is 1. The predicted octanol–water partition coefficient (Wildman–Crippen LogP) is 3.89. The summed E-state index contributed by atoms with van der Waals surface area (Å²) in [7, 11) is 1.50. The molecule has 1 aliphatic heterocycles. The molecule has 1 saturated carbocycles. The molecule has 4 unspecified atom stereocenters. The highest BCUT2D eigenvalue weighted by Crippen LogP contribution is 2.52. The minimum atomic E-state index is -0.304. The molecule has 1 saturated heterocycles. The lowest BCUT2D eigenvalue weighted by atomic mass is 9.85. The molecular weight excluding hydrogens is 470 g/mol. The van der Waals surface area contributed by atoms with Gasteiger partial charge in [-0.05, 0) is 61.4 Å². The average molecular weight is 500 g/mol. The third-order valence-corrected chi connectivity index (χ3v) is 7.19. The van der Waals surface area contributed by atoms with Crippen LogP contribution in [0.1, 0.15) is 23.1 Å². The maximum atomic E-state index is 12.9. The molecule has 8 nitrogen and oxygen atoms in total. The van der Waals surface area contributed by atoms with Gasteiger partial charge in [0.1, 0.15) is 0 Å². The molecule has 1 N–H and O–H groups in total. The van der Waals surface area contributed by atoms with Gasteiger partial charge in [0.05, 0.1) is 25.2 Å². The summed E-state index contributed by atoms with van der Waals surface area (Å²) in [4.78, 5) is 38.3. The fourth-order valence-electron chi connectivity index (χ4n) is 5.48. The number of hydrogen-bond donors (Lipinski definition) is 1. The summed E-state index contributed by atoms with van der Waals surface area (Å²) in [6.45, 7) is 5.57. The molecule has 0 radical (unpaired) electrons. The Morgan fingerprint density at radius 3 is 2.43 bits per heavy atom. The van der Waals surface area contributed by atoms with Gasteiger partial charge in [-0.25, -0.2) is 0 Å². The lowest BCUT2D eigenvalue weighted by Gasteiger charge is -2.16. The number of nitrogens with one attached hydrogen (secondary N) is 1. The number of benzene rings is 2. The second kappa shape index (κ2) is 10.0. The van der Waals surface area contributed by atoms with Gasteiger partial charge in [-0.15, -0.1) is 6.58 Å². The number of allylic oxidation sites excluding steroid dienone is 3. The summed E-state index contributed by atoms with van der Waals surface area (Å²) >= 11 is 0. The molecule has 1 heterocycles. The van der Waals surface area contributed by atoms with E-state index in [0.29, 0.717) is 29.2 Å². The monoisotopic (exact) mass is 499 g/mol. The second-order valence-electron chi connectivity index (χ2n) is 9.64. The number of ether oxygens (including phenoxy) is 2. The Morgan fingerprint density at radius 1 is 1.14 bits per heavy atom. The van der Waals surface area contributed by atoms with Gasteiger partial charge in [0.2, 0.25) is 0 Å². The summed E-state index contributed by atoms with van der Waals surface area (Å²) in [6.07, 6.45) is 8.62. The third kappa shape index (κ3) is 4.67. The number of aryl methyl sites for hydroxylation is 1. The minimum absolute atomic E-state index is 0.130. The summed E-state index contributed by atoms with van der Waals surface area (Å²) in [5, 5.41) is 8.09. The molecule has 0 aromatic heterocycles. The Labute approximate surface area is 215 Å². The van der Waals surface area contributed by atoms with Gasteiger partial charge >= 0.3 is 0 Å². The van der Waals surface area contributed by atoms with Crippen molar-refractivity contribution in [1.82, 2.24) is 5.01 Å². The fourth-order valence-corrected chi connectivity index (χ4v) is 5.48. The van der Waals surface area contributed by atoms with Crippen LogP contribution in [-0.2, 0) is 20.8 Å². The number of fused-ring (bicyclic) bond motifs is 5. The Bertz CT molecular complexity index is 1280. The number of methoxy groups -OCH3 is 1. The van der Waals surface area contributed by atoms with Gasteiger partial charge < -0.3 is 14.8 Å². The van der Waals surface area contributed by atoms with Crippen LogP contribution in [0.4, 0.5) is 5.69 Å². The lowest BCUT2D eigenvalue weighted by Crippen LogP contribution is -2.28. The number of amides is 3. The van der Waals surface area contributed by atoms with Crippen molar-refractivity contribution >= 4 is 29.6 Å². The van der Waals surface area contributed by atoms with Crippen molar-refractivity contribution in [2.24, 2.45) is 28.8 Å². The summed E-state index contributed by atoms with van der Waals surface area (Å²) in [5.41, 5.74) is 3.14. The van der Waals surface area contributed by atoms with Gasteiger partial charge in [-0.2, -0.15) is 10.1 Å². The molecule has 4 atom stereocenters. The zero-order chi connectivity index (χ0) is 26.1.